The molecule has 3 rings (SSSR count). The van der Waals surface area contributed by atoms with Gasteiger partial charge in [-0.05, 0) is 18.6 Å². The summed E-state index contributed by atoms with van der Waals surface area (Å²) in [7, 11) is 0. The lowest BCUT2D eigenvalue weighted by Crippen LogP contribution is -2.05. The fraction of sp³-hybridized carbons (Fsp3) is 0.231. The average molecular weight is 258 g/mol. The van der Waals surface area contributed by atoms with E-state index in [0.717, 1.165) is 30.2 Å². The lowest BCUT2D eigenvalue weighted by atomic mass is 10.3. The van der Waals surface area contributed by atoms with Gasteiger partial charge >= 0.3 is 0 Å². The minimum Gasteiger partial charge on any atom is -0.361 e. The maximum Gasteiger partial charge on any atom is 0.183 e. The molecule has 0 unspecified atom stereocenters. The molecule has 0 aliphatic heterocycles. The second-order valence-electron chi connectivity index (χ2n) is 4.07. The van der Waals surface area contributed by atoms with Gasteiger partial charge in [-0.15, -0.1) is 0 Å². The molecule has 2 aromatic heterocycles. The van der Waals surface area contributed by atoms with Crippen molar-refractivity contribution in [2.24, 2.45) is 0 Å². The van der Waals surface area contributed by atoms with Crippen molar-refractivity contribution in [3.63, 3.8) is 0 Å². The Morgan fingerprint density at radius 2 is 2.22 bits per heavy atom. The summed E-state index contributed by atoms with van der Waals surface area (Å²) >= 11 is 1.70. The van der Waals surface area contributed by atoms with Crippen molar-refractivity contribution in [2.45, 2.75) is 13.0 Å². The molecule has 0 aliphatic carbocycles. The van der Waals surface area contributed by atoms with E-state index in [4.69, 9.17) is 0 Å². The lowest BCUT2D eigenvalue weighted by Gasteiger charge is -2.02. The zero-order valence-corrected chi connectivity index (χ0v) is 10.7. The van der Waals surface area contributed by atoms with E-state index in [1.54, 1.807) is 17.5 Å². The van der Waals surface area contributed by atoms with E-state index in [2.05, 4.69) is 25.9 Å². The van der Waals surface area contributed by atoms with E-state index < -0.39 is 0 Å². The van der Waals surface area contributed by atoms with Gasteiger partial charge in [-0.25, -0.2) is 9.97 Å². The molecule has 0 fully saturated rings. The summed E-state index contributed by atoms with van der Waals surface area (Å²) in [5.41, 5.74) is 1.07. The summed E-state index contributed by atoms with van der Waals surface area (Å²) in [6.45, 7) is 1.91. The molecule has 1 aromatic carbocycles. The van der Waals surface area contributed by atoms with Crippen LogP contribution in [0, 0.1) is 0 Å². The molecule has 0 saturated carbocycles. The van der Waals surface area contributed by atoms with Crippen molar-refractivity contribution in [2.75, 3.05) is 11.9 Å². The highest BCUT2D eigenvalue weighted by atomic mass is 32.1. The van der Waals surface area contributed by atoms with E-state index in [0.29, 0.717) is 0 Å². The van der Waals surface area contributed by atoms with Gasteiger partial charge in [0.25, 0.3) is 0 Å². The highest BCUT2D eigenvalue weighted by molar-refractivity contribution is 7.22. The van der Waals surface area contributed by atoms with Crippen molar-refractivity contribution >= 4 is 26.7 Å². The molecule has 0 spiro atoms. The molecule has 0 amide bonds. The van der Waals surface area contributed by atoms with Crippen LogP contribution in [0.1, 0.15) is 6.42 Å². The smallest absolute Gasteiger partial charge is 0.183 e. The monoisotopic (exact) mass is 258 g/mol. The van der Waals surface area contributed by atoms with E-state index in [9.17, 15) is 0 Å². The van der Waals surface area contributed by atoms with E-state index in [1.807, 2.05) is 30.7 Å². The standard InChI is InChI=1S/C13H14N4S/c1-2-5-12-11(4-1)16-13(18-12)15-6-3-8-17-9-7-14-10-17/h1-2,4-5,7,9-10H,3,6,8H2,(H,15,16). The molecule has 92 valence electrons. The first-order chi connectivity index (χ1) is 8.92. The number of thiazole rings is 1. The summed E-state index contributed by atoms with van der Waals surface area (Å²) in [5, 5.41) is 4.37. The predicted octanol–water partition coefficient (Wildman–Crippen LogP) is 3.00. The maximum absolute atomic E-state index is 4.54. The Hall–Kier alpha value is -1.88. The van der Waals surface area contributed by atoms with Crippen LogP contribution in [0.4, 0.5) is 5.13 Å². The van der Waals surface area contributed by atoms with Crippen LogP contribution in [0.3, 0.4) is 0 Å². The molecule has 3 aromatic rings. The molecular formula is C13H14N4S. The maximum atomic E-state index is 4.54. The molecule has 0 radical (unpaired) electrons. The number of anilines is 1. The molecule has 0 aliphatic rings. The molecule has 0 bridgehead atoms. The molecule has 5 heteroatoms. The zero-order chi connectivity index (χ0) is 12.2. The summed E-state index contributed by atoms with van der Waals surface area (Å²) in [6, 6.07) is 8.21. The number of nitrogens with zero attached hydrogens (tertiary/aromatic N) is 3. The second kappa shape index (κ2) is 5.18. The Morgan fingerprint density at radius 3 is 3.06 bits per heavy atom. The quantitative estimate of drug-likeness (QED) is 0.715. The van der Waals surface area contributed by atoms with E-state index in [-0.39, 0.29) is 0 Å². The van der Waals surface area contributed by atoms with Crippen LogP contribution in [-0.4, -0.2) is 21.1 Å². The van der Waals surface area contributed by atoms with Crippen LogP contribution < -0.4 is 5.32 Å². The van der Waals surface area contributed by atoms with Gasteiger partial charge in [-0.1, -0.05) is 23.5 Å². The zero-order valence-electron chi connectivity index (χ0n) is 9.91. The third-order valence-electron chi connectivity index (χ3n) is 2.72. The normalized spacial score (nSPS) is 10.9. The SMILES string of the molecule is c1ccc2sc(NCCCn3ccnc3)nc2c1. The highest BCUT2D eigenvalue weighted by Gasteiger charge is 2.01. The molecule has 0 saturated heterocycles. The summed E-state index contributed by atoms with van der Waals surface area (Å²) in [5.74, 6) is 0. The Labute approximate surface area is 109 Å². The van der Waals surface area contributed by atoms with Crippen molar-refractivity contribution in [3.8, 4) is 0 Å². The van der Waals surface area contributed by atoms with E-state index >= 15 is 0 Å². The second-order valence-corrected chi connectivity index (χ2v) is 5.10. The third kappa shape index (κ3) is 2.51. The molecule has 2 heterocycles. The summed E-state index contributed by atoms with van der Waals surface area (Å²) < 4.78 is 3.31. The summed E-state index contributed by atoms with van der Waals surface area (Å²) in [4.78, 5) is 8.56. The summed E-state index contributed by atoms with van der Waals surface area (Å²) in [6.07, 6.45) is 6.70. The van der Waals surface area contributed by atoms with Gasteiger partial charge in [0.1, 0.15) is 0 Å². The van der Waals surface area contributed by atoms with Gasteiger partial charge in [0.05, 0.1) is 16.5 Å². The number of fused-ring (bicyclic) bond motifs is 1. The van der Waals surface area contributed by atoms with Crippen molar-refractivity contribution in [1.29, 1.82) is 0 Å². The van der Waals surface area contributed by atoms with Crippen LogP contribution in [-0.2, 0) is 6.54 Å². The topological polar surface area (TPSA) is 42.7 Å². The van der Waals surface area contributed by atoms with Gasteiger partial charge in [0.15, 0.2) is 5.13 Å². The van der Waals surface area contributed by atoms with Gasteiger partial charge < -0.3 is 9.88 Å². The highest BCUT2D eigenvalue weighted by Crippen LogP contribution is 2.25. The molecular weight excluding hydrogens is 244 g/mol. The molecule has 4 nitrogen and oxygen atoms in total. The van der Waals surface area contributed by atoms with Crippen molar-refractivity contribution < 1.29 is 0 Å². The lowest BCUT2D eigenvalue weighted by molar-refractivity contribution is 0.660. The van der Waals surface area contributed by atoms with Crippen LogP contribution in [0.5, 0.6) is 0 Å². The Morgan fingerprint density at radius 1 is 1.28 bits per heavy atom. The fourth-order valence-corrected chi connectivity index (χ4v) is 2.72. The molecule has 18 heavy (non-hydrogen) atoms. The number of para-hydroxylation sites is 1. The van der Waals surface area contributed by atoms with Crippen molar-refractivity contribution in [1.82, 2.24) is 14.5 Å². The van der Waals surface area contributed by atoms with Gasteiger partial charge in [0.2, 0.25) is 0 Å². The first-order valence-corrected chi connectivity index (χ1v) is 6.79. The Kier molecular flexibility index (Phi) is 3.23. The molecule has 0 atom stereocenters. The third-order valence-corrected chi connectivity index (χ3v) is 3.72. The number of imidazole rings is 1. The van der Waals surface area contributed by atoms with E-state index in [1.165, 1.54) is 4.70 Å². The minimum absolute atomic E-state index is 0.929. The van der Waals surface area contributed by atoms with Gasteiger partial charge in [0, 0.05) is 25.5 Å². The first kappa shape index (κ1) is 11.2. The van der Waals surface area contributed by atoms with Crippen molar-refractivity contribution in [3.05, 3.63) is 43.0 Å². The number of hydrogen-bond donors (Lipinski definition) is 1. The fourth-order valence-electron chi connectivity index (χ4n) is 1.82. The number of benzene rings is 1. The van der Waals surface area contributed by atoms with Crippen LogP contribution in [0.2, 0.25) is 0 Å². The number of aryl methyl sites for hydroxylation is 1. The number of nitrogens with one attached hydrogen (secondary N) is 1. The van der Waals surface area contributed by atoms with Crippen LogP contribution >= 0.6 is 11.3 Å². The first-order valence-electron chi connectivity index (χ1n) is 5.97. The van der Waals surface area contributed by atoms with Gasteiger partial charge in [-0.2, -0.15) is 0 Å². The number of rotatable bonds is 5. The number of aromatic nitrogens is 3. The molecule has 1 N–H and O–H groups in total. The Balaban J connectivity index is 1.53. The largest absolute Gasteiger partial charge is 0.361 e. The minimum atomic E-state index is 0.929. The van der Waals surface area contributed by atoms with Gasteiger partial charge in [-0.3, -0.25) is 0 Å². The van der Waals surface area contributed by atoms with Crippen LogP contribution in [0.15, 0.2) is 43.0 Å². The predicted molar refractivity (Wildman–Crippen MR) is 75.0 cm³/mol. The average Bonchev–Trinajstić information content (AvgIpc) is 3.03. The number of hydrogen-bond acceptors (Lipinski definition) is 4. The van der Waals surface area contributed by atoms with Crippen LogP contribution in [0.25, 0.3) is 10.2 Å². The Bertz CT molecular complexity index is 582.